The van der Waals surface area contributed by atoms with Crippen LogP contribution in [0.1, 0.15) is 32.6 Å². The van der Waals surface area contributed by atoms with E-state index >= 15 is 0 Å². The van der Waals surface area contributed by atoms with Gasteiger partial charge in [-0.25, -0.2) is 9.97 Å². The molecular formula is C12H19N5O3. The Bertz CT molecular complexity index is 484. The molecule has 0 saturated heterocycles. The monoisotopic (exact) mass is 281 g/mol. The molecule has 8 nitrogen and oxygen atoms in total. The van der Waals surface area contributed by atoms with Gasteiger partial charge in [0.2, 0.25) is 11.6 Å². The van der Waals surface area contributed by atoms with Crippen molar-refractivity contribution < 1.29 is 10.0 Å². The number of hydrogen-bond acceptors (Lipinski definition) is 7. The number of nitro groups is 1. The van der Waals surface area contributed by atoms with Gasteiger partial charge in [-0.15, -0.1) is 0 Å². The van der Waals surface area contributed by atoms with Gasteiger partial charge in [-0.3, -0.25) is 10.1 Å². The van der Waals surface area contributed by atoms with Crippen molar-refractivity contribution >= 4 is 17.3 Å². The molecule has 0 radical (unpaired) electrons. The van der Waals surface area contributed by atoms with Crippen LogP contribution in [0.2, 0.25) is 0 Å². The Labute approximate surface area is 116 Å². The first-order valence-corrected chi connectivity index (χ1v) is 6.74. The summed E-state index contributed by atoms with van der Waals surface area (Å²) in [5, 5.41) is 26.7. The molecule has 0 aliphatic heterocycles. The predicted molar refractivity (Wildman–Crippen MR) is 74.8 cm³/mol. The van der Waals surface area contributed by atoms with Crippen LogP contribution in [0.25, 0.3) is 0 Å². The average molecular weight is 281 g/mol. The van der Waals surface area contributed by atoms with E-state index in [4.69, 9.17) is 0 Å². The van der Waals surface area contributed by atoms with Crippen LogP contribution in [0.4, 0.5) is 17.3 Å². The number of aromatic nitrogens is 2. The van der Waals surface area contributed by atoms with Crippen LogP contribution in [0, 0.1) is 10.1 Å². The molecule has 0 spiro atoms. The summed E-state index contributed by atoms with van der Waals surface area (Å²) in [6.07, 6.45) is 4.68. The largest absolute Gasteiger partial charge is 0.394 e. The quantitative estimate of drug-likeness (QED) is 0.513. The Hall–Kier alpha value is -1.96. The fourth-order valence-corrected chi connectivity index (χ4v) is 2.19. The first kappa shape index (κ1) is 14.4. The summed E-state index contributed by atoms with van der Waals surface area (Å²) in [4.78, 5) is 18.7. The molecule has 1 saturated carbocycles. The van der Waals surface area contributed by atoms with E-state index in [1.54, 1.807) is 0 Å². The van der Waals surface area contributed by atoms with Gasteiger partial charge in [-0.05, 0) is 25.7 Å². The molecule has 110 valence electrons. The zero-order valence-electron chi connectivity index (χ0n) is 11.4. The van der Waals surface area contributed by atoms with E-state index in [9.17, 15) is 15.2 Å². The molecular weight excluding hydrogens is 262 g/mol. The molecule has 8 heteroatoms. The van der Waals surface area contributed by atoms with Gasteiger partial charge in [-0.2, -0.15) is 0 Å². The number of aliphatic hydroxyl groups is 1. The van der Waals surface area contributed by atoms with E-state index in [0.29, 0.717) is 6.54 Å². The standard InChI is InChI=1S/C12H19N5O3/c1-2-6-13-10-9(17(19)20)11(15-8-14-10)16-12(7-18)4-3-5-12/h8,18H,2-7H2,1H3,(H2,13,14,15,16). The van der Waals surface area contributed by atoms with Crippen LogP contribution in [0.5, 0.6) is 0 Å². The van der Waals surface area contributed by atoms with Crippen molar-refractivity contribution in [3.8, 4) is 0 Å². The third-order valence-electron chi connectivity index (χ3n) is 3.54. The third kappa shape index (κ3) is 2.79. The first-order chi connectivity index (χ1) is 9.62. The topological polar surface area (TPSA) is 113 Å². The lowest BCUT2D eigenvalue weighted by molar-refractivity contribution is -0.383. The molecule has 0 aromatic carbocycles. The fraction of sp³-hybridized carbons (Fsp3) is 0.667. The Morgan fingerprint density at radius 2 is 2.15 bits per heavy atom. The van der Waals surface area contributed by atoms with Crippen molar-refractivity contribution in [2.24, 2.45) is 0 Å². The highest BCUT2D eigenvalue weighted by molar-refractivity contribution is 5.70. The second-order valence-corrected chi connectivity index (χ2v) is 5.02. The summed E-state index contributed by atoms with van der Waals surface area (Å²) in [5.41, 5.74) is -0.651. The minimum Gasteiger partial charge on any atom is -0.394 e. The number of rotatable bonds is 7. The summed E-state index contributed by atoms with van der Waals surface area (Å²) >= 11 is 0. The molecule has 1 aliphatic carbocycles. The highest BCUT2D eigenvalue weighted by atomic mass is 16.6. The van der Waals surface area contributed by atoms with Gasteiger partial charge in [0, 0.05) is 6.54 Å². The molecule has 1 fully saturated rings. The van der Waals surface area contributed by atoms with E-state index in [1.165, 1.54) is 6.33 Å². The van der Waals surface area contributed by atoms with E-state index in [2.05, 4.69) is 20.6 Å². The number of aliphatic hydroxyl groups excluding tert-OH is 1. The van der Waals surface area contributed by atoms with Gasteiger partial charge < -0.3 is 15.7 Å². The highest BCUT2D eigenvalue weighted by Gasteiger charge is 2.39. The Balaban J connectivity index is 2.29. The van der Waals surface area contributed by atoms with Crippen LogP contribution in [0.15, 0.2) is 6.33 Å². The van der Waals surface area contributed by atoms with Crippen molar-refractivity contribution in [1.82, 2.24) is 9.97 Å². The van der Waals surface area contributed by atoms with Crippen LogP contribution < -0.4 is 10.6 Å². The molecule has 1 aromatic rings. The molecule has 20 heavy (non-hydrogen) atoms. The Morgan fingerprint density at radius 3 is 2.65 bits per heavy atom. The molecule has 0 atom stereocenters. The van der Waals surface area contributed by atoms with Crippen molar-refractivity contribution in [3.63, 3.8) is 0 Å². The van der Waals surface area contributed by atoms with E-state index in [0.717, 1.165) is 25.7 Å². The van der Waals surface area contributed by atoms with Crippen LogP contribution >= 0.6 is 0 Å². The van der Waals surface area contributed by atoms with E-state index in [-0.39, 0.29) is 23.9 Å². The lowest BCUT2D eigenvalue weighted by atomic mass is 9.77. The van der Waals surface area contributed by atoms with Crippen molar-refractivity contribution in [2.45, 2.75) is 38.1 Å². The van der Waals surface area contributed by atoms with Crippen molar-refractivity contribution in [1.29, 1.82) is 0 Å². The van der Waals surface area contributed by atoms with Gasteiger partial charge in [0.15, 0.2) is 0 Å². The molecule has 3 N–H and O–H groups in total. The van der Waals surface area contributed by atoms with Crippen LogP contribution in [0.3, 0.4) is 0 Å². The molecule has 0 amide bonds. The number of nitrogens with one attached hydrogen (secondary N) is 2. The minimum atomic E-state index is -0.496. The van der Waals surface area contributed by atoms with Crippen molar-refractivity contribution in [3.05, 3.63) is 16.4 Å². The zero-order valence-corrected chi connectivity index (χ0v) is 11.4. The van der Waals surface area contributed by atoms with Gasteiger partial charge in [-0.1, -0.05) is 6.92 Å². The first-order valence-electron chi connectivity index (χ1n) is 6.74. The predicted octanol–water partition coefficient (Wildman–Crippen LogP) is 1.53. The van der Waals surface area contributed by atoms with Crippen LogP contribution in [-0.4, -0.2) is 38.7 Å². The summed E-state index contributed by atoms with van der Waals surface area (Å²) in [6.45, 7) is 2.50. The lowest BCUT2D eigenvalue weighted by Gasteiger charge is -2.41. The molecule has 0 bridgehead atoms. The molecule has 1 aliphatic rings. The molecule has 2 rings (SSSR count). The summed E-state index contributed by atoms with van der Waals surface area (Å²) in [6, 6.07) is 0. The SMILES string of the molecule is CCCNc1ncnc(NC2(CO)CCC2)c1[N+](=O)[O-]. The third-order valence-corrected chi connectivity index (χ3v) is 3.54. The maximum absolute atomic E-state index is 11.3. The van der Waals surface area contributed by atoms with E-state index in [1.807, 2.05) is 6.92 Å². The zero-order chi connectivity index (χ0) is 14.6. The fourth-order valence-electron chi connectivity index (χ4n) is 2.19. The maximum Gasteiger partial charge on any atom is 0.353 e. The smallest absolute Gasteiger partial charge is 0.353 e. The number of nitrogens with zero attached hydrogens (tertiary/aromatic N) is 3. The number of anilines is 2. The highest BCUT2D eigenvalue weighted by Crippen LogP contribution is 2.38. The summed E-state index contributed by atoms with van der Waals surface area (Å²) in [7, 11) is 0. The Kier molecular flexibility index (Phi) is 4.33. The Morgan fingerprint density at radius 1 is 1.45 bits per heavy atom. The van der Waals surface area contributed by atoms with Gasteiger partial charge >= 0.3 is 5.69 Å². The minimum absolute atomic E-state index is 0.0636. The molecule has 1 heterocycles. The molecule has 0 unspecified atom stereocenters. The second-order valence-electron chi connectivity index (χ2n) is 5.02. The van der Waals surface area contributed by atoms with Gasteiger partial charge in [0.25, 0.3) is 0 Å². The summed E-state index contributed by atoms with van der Waals surface area (Å²) in [5.74, 6) is 0.374. The van der Waals surface area contributed by atoms with Crippen LogP contribution in [-0.2, 0) is 0 Å². The summed E-state index contributed by atoms with van der Waals surface area (Å²) < 4.78 is 0. The lowest BCUT2D eigenvalue weighted by Crippen LogP contribution is -2.48. The molecule has 1 aromatic heterocycles. The normalized spacial score (nSPS) is 16.3. The van der Waals surface area contributed by atoms with Crippen molar-refractivity contribution in [2.75, 3.05) is 23.8 Å². The van der Waals surface area contributed by atoms with E-state index < -0.39 is 10.5 Å². The van der Waals surface area contributed by atoms with Gasteiger partial charge in [0.1, 0.15) is 6.33 Å². The van der Waals surface area contributed by atoms with Gasteiger partial charge in [0.05, 0.1) is 17.1 Å². The second kappa shape index (κ2) is 6.00. The maximum atomic E-state index is 11.3. The average Bonchev–Trinajstić information content (AvgIpc) is 2.40. The number of hydrogen-bond donors (Lipinski definition) is 3.